The largest absolute Gasteiger partial charge is 0.310 e. The number of fused-ring (bicyclic) bond motifs is 6. The van der Waals surface area contributed by atoms with E-state index in [0.717, 1.165) is 11.4 Å². The van der Waals surface area contributed by atoms with Crippen LogP contribution in [0.25, 0.3) is 54.9 Å². The van der Waals surface area contributed by atoms with Gasteiger partial charge in [-0.05, 0) is 132 Å². The van der Waals surface area contributed by atoms with E-state index in [1.54, 1.807) is 0 Å². The zero-order valence-corrected chi connectivity index (χ0v) is 32.7. The smallest absolute Gasteiger partial charge is 0.0546 e. The quantitative estimate of drug-likeness (QED) is 0.172. The highest BCUT2D eigenvalue weighted by molar-refractivity contribution is 6.09. The van der Waals surface area contributed by atoms with Gasteiger partial charge in [0.2, 0.25) is 0 Å². The molecule has 0 heterocycles. The van der Waals surface area contributed by atoms with E-state index in [1.165, 1.54) is 89.3 Å². The standard InChI is InChI=1S/C54H47N/c1-52(2)34-53(3,4)48-33-46-45(32-47(48)52)44-26-15-25-43(51(44)54(46,5)6)42-24-13-18-36-19-14-27-49(50(36)42)55(40-21-8-7-9-22-40)41-23-12-20-38(31-41)39-29-28-35-16-10-11-17-37(35)30-39/h7-33H,34H2,1-6H3. The third-order valence-corrected chi connectivity index (χ3v) is 12.8. The summed E-state index contributed by atoms with van der Waals surface area (Å²) in [5.41, 5.74) is 17.3. The van der Waals surface area contributed by atoms with Crippen LogP contribution in [0.15, 0.2) is 164 Å². The molecule has 0 saturated heterocycles. The molecule has 1 heteroatoms. The summed E-state index contributed by atoms with van der Waals surface area (Å²) < 4.78 is 0. The van der Waals surface area contributed by atoms with Gasteiger partial charge in [0.05, 0.1) is 5.69 Å². The number of nitrogens with zero attached hydrogens (tertiary/aromatic N) is 1. The van der Waals surface area contributed by atoms with Crippen molar-refractivity contribution in [3.63, 3.8) is 0 Å². The molecule has 8 aromatic rings. The van der Waals surface area contributed by atoms with E-state index in [-0.39, 0.29) is 16.2 Å². The van der Waals surface area contributed by atoms with Crippen LogP contribution in [0, 0.1) is 0 Å². The Hall–Kier alpha value is -5.92. The number of rotatable bonds is 5. The normalized spacial score (nSPS) is 15.8. The number of benzene rings is 8. The SMILES string of the molecule is CC1(C)CC(C)(C)c2cc3c(cc21)-c1cccc(-c2cccc4cccc(N(c5ccccc5)c5cccc(-c6ccc7ccccc7c6)c5)c24)c1C3(C)C. The van der Waals surface area contributed by atoms with Gasteiger partial charge in [-0.25, -0.2) is 0 Å². The Kier molecular flexibility index (Phi) is 7.36. The molecular formula is C54H47N. The molecule has 0 spiro atoms. The van der Waals surface area contributed by atoms with Gasteiger partial charge in [-0.15, -0.1) is 0 Å². The molecule has 0 unspecified atom stereocenters. The van der Waals surface area contributed by atoms with Crippen LogP contribution < -0.4 is 4.90 Å². The van der Waals surface area contributed by atoms with Crippen molar-refractivity contribution in [2.75, 3.05) is 4.90 Å². The van der Waals surface area contributed by atoms with E-state index in [0.29, 0.717) is 0 Å². The van der Waals surface area contributed by atoms with Crippen LogP contribution in [0.4, 0.5) is 17.1 Å². The second-order valence-corrected chi connectivity index (χ2v) is 17.7. The second kappa shape index (κ2) is 12.0. The van der Waals surface area contributed by atoms with Crippen molar-refractivity contribution in [2.45, 2.75) is 64.2 Å². The third kappa shape index (κ3) is 5.20. The molecule has 0 bridgehead atoms. The molecule has 2 aliphatic rings. The molecule has 0 aliphatic heterocycles. The molecule has 0 saturated carbocycles. The maximum absolute atomic E-state index is 2.58. The molecule has 2 aliphatic carbocycles. The lowest BCUT2D eigenvalue weighted by Crippen LogP contribution is -2.19. The first-order valence-electron chi connectivity index (χ1n) is 19.8. The van der Waals surface area contributed by atoms with Crippen molar-refractivity contribution in [3.05, 3.63) is 186 Å². The lowest BCUT2D eigenvalue weighted by Gasteiger charge is -2.29. The molecule has 0 aromatic heterocycles. The Morgan fingerprint density at radius 1 is 0.400 bits per heavy atom. The molecule has 10 rings (SSSR count). The van der Waals surface area contributed by atoms with Crippen LogP contribution in [0.1, 0.15) is 70.2 Å². The van der Waals surface area contributed by atoms with Crippen molar-refractivity contribution < 1.29 is 0 Å². The van der Waals surface area contributed by atoms with E-state index in [2.05, 4.69) is 210 Å². The molecular weight excluding hydrogens is 663 g/mol. The van der Waals surface area contributed by atoms with Gasteiger partial charge in [0.15, 0.2) is 0 Å². The molecule has 0 atom stereocenters. The molecule has 55 heavy (non-hydrogen) atoms. The van der Waals surface area contributed by atoms with Crippen LogP contribution >= 0.6 is 0 Å². The fourth-order valence-corrected chi connectivity index (χ4v) is 10.5. The molecule has 0 amide bonds. The molecule has 0 fully saturated rings. The summed E-state index contributed by atoms with van der Waals surface area (Å²) >= 11 is 0. The zero-order valence-electron chi connectivity index (χ0n) is 32.7. The summed E-state index contributed by atoms with van der Waals surface area (Å²) in [6, 6.07) is 61.1. The first kappa shape index (κ1) is 33.6. The van der Waals surface area contributed by atoms with E-state index in [9.17, 15) is 0 Å². The Balaban J connectivity index is 1.18. The summed E-state index contributed by atoms with van der Waals surface area (Å²) in [7, 11) is 0. The molecule has 1 nitrogen and oxygen atoms in total. The van der Waals surface area contributed by atoms with E-state index in [4.69, 9.17) is 0 Å². The van der Waals surface area contributed by atoms with Gasteiger partial charge in [-0.3, -0.25) is 0 Å². The molecule has 0 radical (unpaired) electrons. The van der Waals surface area contributed by atoms with Crippen molar-refractivity contribution >= 4 is 38.6 Å². The van der Waals surface area contributed by atoms with Gasteiger partial charge < -0.3 is 4.90 Å². The monoisotopic (exact) mass is 709 g/mol. The van der Waals surface area contributed by atoms with Crippen LogP contribution in [0.5, 0.6) is 0 Å². The summed E-state index contributed by atoms with van der Waals surface area (Å²) in [5.74, 6) is 0. The first-order chi connectivity index (χ1) is 26.5. The summed E-state index contributed by atoms with van der Waals surface area (Å²) in [6.45, 7) is 14.6. The Morgan fingerprint density at radius 3 is 1.76 bits per heavy atom. The Bertz CT molecular complexity index is 2810. The van der Waals surface area contributed by atoms with Crippen LogP contribution in [0.3, 0.4) is 0 Å². The van der Waals surface area contributed by atoms with Crippen molar-refractivity contribution in [3.8, 4) is 33.4 Å². The van der Waals surface area contributed by atoms with Crippen molar-refractivity contribution in [2.24, 2.45) is 0 Å². The molecule has 268 valence electrons. The summed E-state index contributed by atoms with van der Waals surface area (Å²) in [6.07, 6.45) is 1.17. The first-order valence-corrected chi connectivity index (χ1v) is 19.8. The maximum atomic E-state index is 2.58. The minimum absolute atomic E-state index is 0.148. The lowest BCUT2D eigenvalue weighted by molar-refractivity contribution is 0.403. The predicted molar refractivity (Wildman–Crippen MR) is 235 cm³/mol. The van der Waals surface area contributed by atoms with Crippen LogP contribution in [-0.4, -0.2) is 0 Å². The van der Waals surface area contributed by atoms with Gasteiger partial charge >= 0.3 is 0 Å². The van der Waals surface area contributed by atoms with E-state index < -0.39 is 0 Å². The van der Waals surface area contributed by atoms with Crippen molar-refractivity contribution in [1.82, 2.24) is 0 Å². The lowest BCUT2D eigenvalue weighted by atomic mass is 9.76. The summed E-state index contributed by atoms with van der Waals surface area (Å²) in [5, 5.41) is 5.00. The average Bonchev–Trinajstić information content (AvgIpc) is 3.54. The average molecular weight is 710 g/mol. The van der Waals surface area contributed by atoms with Gasteiger partial charge in [0.1, 0.15) is 0 Å². The highest BCUT2D eigenvalue weighted by atomic mass is 15.1. The number of hydrogen-bond acceptors (Lipinski definition) is 1. The van der Waals surface area contributed by atoms with E-state index >= 15 is 0 Å². The van der Waals surface area contributed by atoms with Gasteiger partial charge in [-0.1, -0.05) is 163 Å². The van der Waals surface area contributed by atoms with E-state index in [1.807, 2.05) is 0 Å². The Labute approximate surface area is 325 Å². The number of anilines is 3. The van der Waals surface area contributed by atoms with Gasteiger partial charge in [0.25, 0.3) is 0 Å². The molecule has 8 aromatic carbocycles. The number of hydrogen-bond donors (Lipinski definition) is 0. The maximum Gasteiger partial charge on any atom is 0.0546 e. The van der Waals surface area contributed by atoms with Crippen molar-refractivity contribution in [1.29, 1.82) is 0 Å². The highest BCUT2D eigenvalue weighted by Gasteiger charge is 2.46. The van der Waals surface area contributed by atoms with Crippen LogP contribution in [0.2, 0.25) is 0 Å². The van der Waals surface area contributed by atoms with Gasteiger partial charge in [-0.2, -0.15) is 0 Å². The predicted octanol–water partition coefficient (Wildman–Crippen LogP) is 15.1. The Morgan fingerprint density at radius 2 is 0.982 bits per heavy atom. The number of para-hydroxylation sites is 1. The fraction of sp³-hybridized carbons (Fsp3) is 0.185. The minimum Gasteiger partial charge on any atom is -0.310 e. The molecule has 0 N–H and O–H groups in total. The minimum atomic E-state index is -0.163. The van der Waals surface area contributed by atoms with Crippen LogP contribution in [-0.2, 0) is 16.2 Å². The second-order valence-electron chi connectivity index (χ2n) is 17.7. The fourth-order valence-electron chi connectivity index (χ4n) is 10.5. The van der Waals surface area contributed by atoms with Gasteiger partial charge in [0, 0.05) is 22.2 Å². The third-order valence-electron chi connectivity index (χ3n) is 12.8. The highest BCUT2D eigenvalue weighted by Crippen LogP contribution is 2.58. The summed E-state index contributed by atoms with van der Waals surface area (Å²) in [4.78, 5) is 2.45. The topological polar surface area (TPSA) is 3.24 Å². The zero-order chi connectivity index (χ0) is 37.7.